The minimum absolute atomic E-state index is 0.00519. The Morgan fingerprint density at radius 1 is 1.21 bits per heavy atom. The number of hydrogen-bond donors (Lipinski definition) is 1. The van der Waals surface area contributed by atoms with Crippen molar-refractivity contribution in [3.05, 3.63) is 42.1 Å². The minimum Gasteiger partial charge on any atom is -0.381 e. The first-order valence-electron chi connectivity index (χ1n) is 6.46. The van der Waals surface area contributed by atoms with E-state index in [9.17, 15) is 4.79 Å². The molecule has 19 heavy (non-hydrogen) atoms. The van der Waals surface area contributed by atoms with Crippen molar-refractivity contribution in [2.24, 2.45) is 5.73 Å². The van der Waals surface area contributed by atoms with E-state index in [0.717, 1.165) is 10.9 Å². The molecule has 0 radical (unpaired) electrons. The molecule has 1 saturated heterocycles. The lowest BCUT2D eigenvalue weighted by atomic mass is 9.82. The number of hydrogen-bond acceptors (Lipinski definition) is 4. The van der Waals surface area contributed by atoms with Gasteiger partial charge in [-0.2, -0.15) is 0 Å². The van der Waals surface area contributed by atoms with E-state index in [1.165, 1.54) is 0 Å². The summed E-state index contributed by atoms with van der Waals surface area (Å²) < 4.78 is 5.29. The van der Waals surface area contributed by atoms with Crippen molar-refractivity contribution in [2.75, 3.05) is 13.2 Å². The summed E-state index contributed by atoms with van der Waals surface area (Å²) in [7, 11) is 0. The summed E-state index contributed by atoms with van der Waals surface area (Å²) in [5, 5.41) is 0.867. The van der Waals surface area contributed by atoms with Crippen molar-refractivity contribution in [1.82, 2.24) is 4.98 Å². The van der Waals surface area contributed by atoms with Crippen LogP contribution in [-0.2, 0) is 4.74 Å². The van der Waals surface area contributed by atoms with E-state index in [1.807, 2.05) is 30.3 Å². The molecule has 0 spiro atoms. The van der Waals surface area contributed by atoms with E-state index < -0.39 is 5.54 Å². The average Bonchev–Trinajstić information content (AvgIpc) is 2.47. The highest BCUT2D eigenvalue weighted by atomic mass is 16.5. The number of aromatic nitrogens is 1. The Bertz CT molecular complexity index is 613. The Labute approximate surface area is 111 Å². The lowest BCUT2D eigenvalue weighted by molar-refractivity contribution is 0.0449. The summed E-state index contributed by atoms with van der Waals surface area (Å²) in [5.41, 5.74) is 6.96. The third-order valence-corrected chi connectivity index (χ3v) is 3.73. The number of carbonyl (C=O) groups is 1. The molecule has 0 amide bonds. The van der Waals surface area contributed by atoms with Crippen molar-refractivity contribution in [2.45, 2.75) is 18.4 Å². The predicted octanol–water partition coefficient (Wildman–Crippen LogP) is 1.93. The Balaban J connectivity index is 2.06. The average molecular weight is 256 g/mol. The molecule has 2 aromatic rings. The van der Waals surface area contributed by atoms with Crippen molar-refractivity contribution in [3.63, 3.8) is 0 Å². The van der Waals surface area contributed by atoms with Crippen molar-refractivity contribution in [3.8, 4) is 0 Å². The number of benzene rings is 1. The van der Waals surface area contributed by atoms with Gasteiger partial charge >= 0.3 is 0 Å². The molecule has 1 aliphatic heterocycles. The summed E-state index contributed by atoms with van der Waals surface area (Å²) in [6.45, 7) is 1.09. The fraction of sp³-hybridized carbons (Fsp3) is 0.333. The largest absolute Gasteiger partial charge is 0.381 e. The third kappa shape index (κ3) is 2.13. The lowest BCUT2D eigenvalue weighted by Crippen LogP contribution is -2.51. The lowest BCUT2D eigenvalue weighted by Gasteiger charge is -2.32. The molecule has 98 valence electrons. The standard InChI is InChI=1S/C15H16N2O2/c16-15(6-9-19-10-7-15)14(18)12-3-1-5-13-11(12)4-2-8-17-13/h1-5,8H,6-7,9-10,16H2. The molecule has 4 nitrogen and oxygen atoms in total. The minimum atomic E-state index is -0.803. The van der Waals surface area contributed by atoms with E-state index >= 15 is 0 Å². The molecular weight excluding hydrogens is 240 g/mol. The summed E-state index contributed by atoms with van der Waals surface area (Å²) in [6.07, 6.45) is 2.87. The molecule has 3 rings (SSSR count). The van der Waals surface area contributed by atoms with Crippen molar-refractivity contribution in [1.29, 1.82) is 0 Å². The Morgan fingerprint density at radius 3 is 2.79 bits per heavy atom. The molecule has 1 aliphatic rings. The fourth-order valence-electron chi connectivity index (χ4n) is 2.53. The first-order chi connectivity index (χ1) is 9.21. The van der Waals surface area contributed by atoms with Crippen LogP contribution < -0.4 is 5.73 Å². The van der Waals surface area contributed by atoms with Crippen LogP contribution in [0.3, 0.4) is 0 Å². The van der Waals surface area contributed by atoms with Crippen LogP contribution in [0.1, 0.15) is 23.2 Å². The SMILES string of the molecule is NC1(C(=O)c2cccc3ncccc23)CCOCC1. The van der Waals surface area contributed by atoms with Crippen LogP contribution in [0.5, 0.6) is 0 Å². The summed E-state index contributed by atoms with van der Waals surface area (Å²) in [6, 6.07) is 9.34. The zero-order chi connectivity index (χ0) is 13.3. The molecule has 2 N–H and O–H groups in total. The maximum atomic E-state index is 12.7. The first-order valence-corrected chi connectivity index (χ1v) is 6.46. The van der Waals surface area contributed by atoms with Gasteiger partial charge in [0, 0.05) is 30.4 Å². The highest BCUT2D eigenvalue weighted by molar-refractivity contribution is 6.11. The van der Waals surface area contributed by atoms with Crippen LogP contribution >= 0.6 is 0 Å². The number of Topliss-reactive ketones (excluding diaryl/α,β-unsaturated/α-hetero) is 1. The van der Waals surface area contributed by atoms with E-state index in [2.05, 4.69) is 4.98 Å². The molecule has 2 heterocycles. The normalized spacial score (nSPS) is 18.4. The molecular formula is C15H16N2O2. The number of pyridine rings is 1. The van der Waals surface area contributed by atoms with Gasteiger partial charge in [0.1, 0.15) is 0 Å². The Hall–Kier alpha value is -1.78. The number of carbonyl (C=O) groups excluding carboxylic acids is 1. The van der Waals surface area contributed by atoms with Crippen molar-refractivity contribution >= 4 is 16.7 Å². The molecule has 1 aromatic heterocycles. The summed E-state index contributed by atoms with van der Waals surface area (Å²) >= 11 is 0. The maximum Gasteiger partial charge on any atom is 0.183 e. The monoisotopic (exact) mass is 256 g/mol. The molecule has 1 aromatic carbocycles. The van der Waals surface area contributed by atoms with Crippen LogP contribution in [0.2, 0.25) is 0 Å². The fourth-order valence-corrected chi connectivity index (χ4v) is 2.53. The zero-order valence-corrected chi connectivity index (χ0v) is 10.6. The molecule has 0 atom stereocenters. The van der Waals surface area contributed by atoms with Gasteiger partial charge < -0.3 is 10.5 Å². The van der Waals surface area contributed by atoms with Crippen LogP contribution in [-0.4, -0.2) is 29.5 Å². The van der Waals surface area contributed by atoms with Crippen LogP contribution in [0.15, 0.2) is 36.5 Å². The second-order valence-corrected chi connectivity index (χ2v) is 4.97. The van der Waals surface area contributed by atoms with Gasteiger partial charge in [-0.25, -0.2) is 0 Å². The van der Waals surface area contributed by atoms with Gasteiger partial charge in [-0.1, -0.05) is 18.2 Å². The van der Waals surface area contributed by atoms with Gasteiger partial charge in [0.2, 0.25) is 0 Å². The second-order valence-electron chi connectivity index (χ2n) is 4.97. The number of ketones is 1. The van der Waals surface area contributed by atoms with Gasteiger partial charge in [-0.05, 0) is 25.0 Å². The number of rotatable bonds is 2. The van der Waals surface area contributed by atoms with Gasteiger partial charge in [-0.3, -0.25) is 9.78 Å². The van der Waals surface area contributed by atoms with E-state index in [0.29, 0.717) is 31.6 Å². The van der Waals surface area contributed by atoms with Crippen LogP contribution in [0.25, 0.3) is 10.9 Å². The van der Waals surface area contributed by atoms with Crippen molar-refractivity contribution < 1.29 is 9.53 Å². The van der Waals surface area contributed by atoms with Crippen LogP contribution in [0, 0.1) is 0 Å². The molecule has 1 fully saturated rings. The van der Waals surface area contributed by atoms with Gasteiger partial charge in [0.05, 0.1) is 11.1 Å². The molecule has 0 aliphatic carbocycles. The van der Waals surface area contributed by atoms with Gasteiger partial charge in [-0.15, -0.1) is 0 Å². The second kappa shape index (κ2) is 4.72. The van der Waals surface area contributed by atoms with E-state index in [-0.39, 0.29) is 5.78 Å². The van der Waals surface area contributed by atoms with E-state index in [4.69, 9.17) is 10.5 Å². The smallest absolute Gasteiger partial charge is 0.183 e. The number of ether oxygens (including phenoxy) is 1. The number of fused-ring (bicyclic) bond motifs is 1. The quantitative estimate of drug-likeness (QED) is 0.834. The number of nitrogens with zero attached hydrogens (tertiary/aromatic N) is 1. The zero-order valence-electron chi connectivity index (χ0n) is 10.6. The predicted molar refractivity (Wildman–Crippen MR) is 73.0 cm³/mol. The van der Waals surface area contributed by atoms with Crippen LogP contribution in [0.4, 0.5) is 0 Å². The Kier molecular flexibility index (Phi) is 3.05. The Morgan fingerprint density at radius 2 is 2.00 bits per heavy atom. The number of nitrogens with two attached hydrogens (primary N) is 1. The topological polar surface area (TPSA) is 65.2 Å². The molecule has 0 bridgehead atoms. The highest BCUT2D eigenvalue weighted by Gasteiger charge is 2.36. The van der Waals surface area contributed by atoms with Gasteiger partial charge in [0.25, 0.3) is 0 Å². The molecule has 0 saturated carbocycles. The third-order valence-electron chi connectivity index (χ3n) is 3.73. The first kappa shape index (κ1) is 12.3. The van der Waals surface area contributed by atoms with Gasteiger partial charge in [0.15, 0.2) is 5.78 Å². The maximum absolute atomic E-state index is 12.7. The summed E-state index contributed by atoms with van der Waals surface area (Å²) in [4.78, 5) is 17.0. The molecule has 4 heteroatoms. The highest BCUT2D eigenvalue weighted by Crippen LogP contribution is 2.26. The van der Waals surface area contributed by atoms with E-state index in [1.54, 1.807) is 6.20 Å². The molecule has 0 unspecified atom stereocenters. The summed E-state index contributed by atoms with van der Waals surface area (Å²) in [5.74, 6) is -0.00519.